The zero-order valence-electron chi connectivity index (χ0n) is 11.3. The highest BCUT2D eigenvalue weighted by Crippen LogP contribution is 2.18. The summed E-state index contributed by atoms with van der Waals surface area (Å²) in [5.41, 5.74) is 0. The molecule has 2 fully saturated rings. The standard InChI is InChI=1S/C13H23N3O2/c1-10-13(18)16(8-5-12(17)14-10)9-11-3-6-15(2)7-4-11/h10-11H,3-9H2,1-2H3,(H,14,17). The molecule has 1 atom stereocenters. The van der Waals surface area contributed by atoms with Gasteiger partial charge in [0.15, 0.2) is 0 Å². The third-order valence-corrected chi connectivity index (χ3v) is 3.99. The van der Waals surface area contributed by atoms with Gasteiger partial charge in [0.2, 0.25) is 11.8 Å². The Bertz CT molecular complexity index is 324. The Morgan fingerprint density at radius 2 is 1.89 bits per heavy atom. The number of nitrogens with one attached hydrogen (secondary N) is 1. The Kier molecular flexibility index (Phi) is 4.22. The van der Waals surface area contributed by atoms with Crippen LogP contribution >= 0.6 is 0 Å². The molecule has 0 radical (unpaired) electrons. The van der Waals surface area contributed by atoms with Gasteiger partial charge in [0.05, 0.1) is 0 Å². The van der Waals surface area contributed by atoms with E-state index in [0.29, 0.717) is 18.9 Å². The molecule has 2 rings (SSSR count). The third-order valence-electron chi connectivity index (χ3n) is 3.99. The van der Waals surface area contributed by atoms with Gasteiger partial charge < -0.3 is 15.1 Å². The minimum absolute atomic E-state index is 0.0123. The Balaban J connectivity index is 1.91. The van der Waals surface area contributed by atoms with Crippen LogP contribution in [0.1, 0.15) is 26.2 Å². The summed E-state index contributed by atoms with van der Waals surface area (Å²) < 4.78 is 0. The van der Waals surface area contributed by atoms with Gasteiger partial charge in [-0.3, -0.25) is 9.59 Å². The van der Waals surface area contributed by atoms with Gasteiger partial charge in [0.25, 0.3) is 0 Å². The fraction of sp³-hybridized carbons (Fsp3) is 0.846. The van der Waals surface area contributed by atoms with Gasteiger partial charge >= 0.3 is 0 Å². The lowest BCUT2D eigenvalue weighted by molar-refractivity contribution is -0.133. The van der Waals surface area contributed by atoms with E-state index in [2.05, 4.69) is 17.3 Å². The highest BCUT2D eigenvalue weighted by atomic mass is 16.2. The van der Waals surface area contributed by atoms with E-state index in [1.165, 1.54) is 0 Å². The molecule has 2 heterocycles. The number of rotatable bonds is 2. The van der Waals surface area contributed by atoms with Crippen LogP contribution < -0.4 is 5.32 Å². The molecule has 1 N–H and O–H groups in total. The summed E-state index contributed by atoms with van der Waals surface area (Å²) in [6, 6.07) is -0.369. The molecule has 0 aliphatic carbocycles. The average Bonchev–Trinajstić information content (AvgIpc) is 2.46. The van der Waals surface area contributed by atoms with E-state index in [4.69, 9.17) is 0 Å². The summed E-state index contributed by atoms with van der Waals surface area (Å²) in [5.74, 6) is 0.645. The molecule has 0 spiro atoms. The highest BCUT2D eigenvalue weighted by Gasteiger charge is 2.29. The van der Waals surface area contributed by atoms with Crippen LogP contribution in [-0.2, 0) is 9.59 Å². The summed E-state index contributed by atoms with van der Waals surface area (Å²) in [6.45, 7) is 5.37. The third kappa shape index (κ3) is 3.22. The molecule has 2 saturated heterocycles. The van der Waals surface area contributed by atoms with Crippen LogP contribution in [-0.4, -0.2) is 60.9 Å². The molecule has 0 aromatic heterocycles. The monoisotopic (exact) mass is 253 g/mol. The Hall–Kier alpha value is -1.10. The minimum Gasteiger partial charge on any atom is -0.345 e. The summed E-state index contributed by atoms with van der Waals surface area (Å²) in [7, 11) is 2.14. The van der Waals surface area contributed by atoms with Gasteiger partial charge in [-0.25, -0.2) is 0 Å². The van der Waals surface area contributed by atoms with Crippen molar-refractivity contribution in [2.24, 2.45) is 5.92 Å². The first-order chi connectivity index (χ1) is 8.56. The molecule has 18 heavy (non-hydrogen) atoms. The molecular formula is C13H23N3O2. The van der Waals surface area contributed by atoms with E-state index >= 15 is 0 Å². The van der Waals surface area contributed by atoms with Crippen molar-refractivity contribution in [2.75, 3.05) is 33.2 Å². The fourth-order valence-electron chi connectivity index (χ4n) is 2.73. The van der Waals surface area contributed by atoms with Crippen LogP contribution in [0.25, 0.3) is 0 Å². The first-order valence-corrected chi connectivity index (χ1v) is 6.83. The molecule has 0 bridgehead atoms. The predicted octanol–water partition coefficient (Wildman–Crippen LogP) is 0.0652. The van der Waals surface area contributed by atoms with Crippen molar-refractivity contribution in [3.05, 3.63) is 0 Å². The number of carbonyl (C=O) groups excluding carboxylic acids is 2. The number of amides is 2. The van der Waals surface area contributed by atoms with Gasteiger partial charge in [-0.1, -0.05) is 0 Å². The molecular weight excluding hydrogens is 230 g/mol. The van der Waals surface area contributed by atoms with Crippen molar-refractivity contribution in [1.82, 2.24) is 15.1 Å². The molecule has 0 aromatic rings. The molecule has 0 saturated carbocycles. The quantitative estimate of drug-likeness (QED) is 0.757. The highest BCUT2D eigenvalue weighted by molar-refractivity contribution is 5.89. The topological polar surface area (TPSA) is 52.7 Å². The first kappa shape index (κ1) is 13.3. The minimum atomic E-state index is -0.369. The van der Waals surface area contributed by atoms with Crippen LogP contribution in [0.5, 0.6) is 0 Å². The molecule has 2 amide bonds. The van der Waals surface area contributed by atoms with Gasteiger partial charge in [-0.05, 0) is 45.8 Å². The van der Waals surface area contributed by atoms with Crippen molar-refractivity contribution in [1.29, 1.82) is 0 Å². The van der Waals surface area contributed by atoms with E-state index in [1.54, 1.807) is 6.92 Å². The van der Waals surface area contributed by atoms with E-state index < -0.39 is 0 Å². The molecule has 5 nitrogen and oxygen atoms in total. The SMILES string of the molecule is CC1NC(=O)CCN(CC2CCN(C)CC2)C1=O. The lowest BCUT2D eigenvalue weighted by Gasteiger charge is -2.33. The second-order valence-corrected chi connectivity index (χ2v) is 5.57. The molecule has 0 aromatic carbocycles. The normalized spacial score (nSPS) is 28.1. The smallest absolute Gasteiger partial charge is 0.244 e. The fourth-order valence-corrected chi connectivity index (χ4v) is 2.73. The Labute approximate surface area is 108 Å². The summed E-state index contributed by atoms with van der Waals surface area (Å²) in [6.07, 6.45) is 2.73. The number of likely N-dealkylation sites (tertiary alicyclic amines) is 1. The number of hydrogen-bond donors (Lipinski definition) is 1. The van der Waals surface area contributed by atoms with Crippen LogP contribution in [0.15, 0.2) is 0 Å². The van der Waals surface area contributed by atoms with Gasteiger partial charge in [-0.2, -0.15) is 0 Å². The average molecular weight is 253 g/mol. The second kappa shape index (κ2) is 5.69. The van der Waals surface area contributed by atoms with Gasteiger partial charge in [0, 0.05) is 19.5 Å². The van der Waals surface area contributed by atoms with E-state index in [0.717, 1.165) is 32.5 Å². The number of piperidine rings is 1. The second-order valence-electron chi connectivity index (χ2n) is 5.57. The first-order valence-electron chi connectivity index (χ1n) is 6.83. The van der Waals surface area contributed by atoms with Crippen LogP contribution in [0.3, 0.4) is 0 Å². The predicted molar refractivity (Wildman–Crippen MR) is 69.0 cm³/mol. The number of nitrogens with zero attached hydrogens (tertiary/aromatic N) is 2. The van der Waals surface area contributed by atoms with E-state index in [-0.39, 0.29) is 17.9 Å². The number of carbonyl (C=O) groups is 2. The van der Waals surface area contributed by atoms with Crippen molar-refractivity contribution in [3.63, 3.8) is 0 Å². The number of hydrogen-bond acceptors (Lipinski definition) is 3. The maximum Gasteiger partial charge on any atom is 0.244 e. The molecule has 2 aliphatic rings. The zero-order chi connectivity index (χ0) is 13.1. The molecule has 5 heteroatoms. The van der Waals surface area contributed by atoms with Gasteiger partial charge in [-0.15, -0.1) is 0 Å². The van der Waals surface area contributed by atoms with Crippen LogP contribution in [0, 0.1) is 5.92 Å². The van der Waals surface area contributed by atoms with Crippen LogP contribution in [0.4, 0.5) is 0 Å². The summed E-state index contributed by atoms with van der Waals surface area (Å²) >= 11 is 0. The van der Waals surface area contributed by atoms with E-state index in [9.17, 15) is 9.59 Å². The van der Waals surface area contributed by atoms with Crippen molar-refractivity contribution < 1.29 is 9.59 Å². The van der Waals surface area contributed by atoms with Gasteiger partial charge in [0.1, 0.15) is 6.04 Å². The zero-order valence-corrected chi connectivity index (χ0v) is 11.3. The molecule has 2 aliphatic heterocycles. The lowest BCUT2D eigenvalue weighted by atomic mass is 9.96. The largest absolute Gasteiger partial charge is 0.345 e. The summed E-state index contributed by atoms with van der Waals surface area (Å²) in [4.78, 5) is 27.8. The lowest BCUT2D eigenvalue weighted by Crippen LogP contribution is -2.45. The summed E-state index contributed by atoms with van der Waals surface area (Å²) in [5, 5.41) is 2.73. The maximum absolute atomic E-state index is 12.1. The van der Waals surface area contributed by atoms with E-state index in [1.807, 2.05) is 4.90 Å². The van der Waals surface area contributed by atoms with Crippen molar-refractivity contribution in [2.45, 2.75) is 32.2 Å². The Morgan fingerprint density at radius 3 is 2.56 bits per heavy atom. The Morgan fingerprint density at radius 1 is 1.22 bits per heavy atom. The van der Waals surface area contributed by atoms with Crippen molar-refractivity contribution in [3.8, 4) is 0 Å². The molecule has 1 unspecified atom stereocenters. The van der Waals surface area contributed by atoms with Crippen molar-refractivity contribution >= 4 is 11.8 Å². The van der Waals surface area contributed by atoms with Crippen LogP contribution in [0.2, 0.25) is 0 Å². The maximum atomic E-state index is 12.1. The molecule has 102 valence electrons.